The van der Waals surface area contributed by atoms with Crippen LogP contribution in [0, 0.1) is 10.1 Å². The summed E-state index contributed by atoms with van der Waals surface area (Å²) < 4.78 is 11.3. The molecule has 3 rings (SSSR count). The molecule has 0 saturated carbocycles. The van der Waals surface area contributed by atoms with Gasteiger partial charge in [-0.1, -0.05) is 18.2 Å². The number of benzene rings is 2. The minimum absolute atomic E-state index is 0.107. The van der Waals surface area contributed by atoms with Crippen molar-refractivity contribution in [2.24, 2.45) is 0 Å². The molecule has 0 spiro atoms. The average Bonchev–Trinajstić information content (AvgIpc) is 2.75. The van der Waals surface area contributed by atoms with Crippen molar-refractivity contribution in [1.82, 2.24) is 9.97 Å². The molecular formula is C20H20BrN5O4. The Morgan fingerprint density at radius 3 is 2.50 bits per heavy atom. The molecule has 9 nitrogen and oxygen atoms in total. The van der Waals surface area contributed by atoms with Crippen molar-refractivity contribution in [2.45, 2.75) is 6.42 Å². The van der Waals surface area contributed by atoms with Gasteiger partial charge in [-0.15, -0.1) is 0 Å². The van der Waals surface area contributed by atoms with Crippen LogP contribution in [0.15, 0.2) is 53.3 Å². The maximum Gasteiger partial charge on any atom is 0.353 e. The molecule has 2 aromatic carbocycles. The van der Waals surface area contributed by atoms with Gasteiger partial charge in [-0.25, -0.2) is 9.97 Å². The molecule has 0 bridgehead atoms. The lowest BCUT2D eigenvalue weighted by atomic mass is 10.1. The molecule has 2 N–H and O–H groups in total. The summed E-state index contributed by atoms with van der Waals surface area (Å²) in [5, 5.41) is 17.7. The van der Waals surface area contributed by atoms with E-state index in [1.54, 1.807) is 20.3 Å². The summed E-state index contributed by atoms with van der Waals surface area (Å²) >= 11 is 3.41. The molecule has 0 aliphatic heterocycles. The largest absolute Gasteiger partial charge is 0.493 e. The van der Waals surface area contributed by atoms with Crippen LogP contribution >= 0.6 is 15.9 Å². The first-order valence-corrected chi connectivity index (χ1v) is 9.78. The smallest absolute Gasteiger partial charge is 0.353 e. The number of para-hydroxylation sites is 1. The number of rotatable bonds is 9. The molecule has 156 valence electrons. The standard InChI is InChI=1S/C20H20BrN5O4/c1-29-16-8-7-13(11-17(16)30-2)9-10-22-19-18(26(27)28)20(24-12-23-19)25-15-6-4-3-5-14(15)21/h3-8,11-12H,9-10H2,1-2H3,(H2,22,23,24,25). The molecule has 3 aromatic rings. The zero-order chi connectivity index (χ0) is 21.5. The van der Waals surface area contributed by atoms with E-state index in [1.165, 1.54) is 6.33 Å². The predicted octanol–water partition coefficient (Wildman–Crippen LogP) is 4.56. The molecule has 0 aliphatic rings. The molecule has 0 fully saturated rings. The monoisotopic (exact) mass is 473 g/mol. The van der Waals surface area contributed by atoms with Crippen LogP contribution in [0.3, 0.4) is 0 Å². The minimum atomic E-state index is -0.502. The highest BCUT2D eigenvalue weighted by molar-refractivity contribution is 9.10. The predicted molar refractivity (Wildman–Crippen MR) is 118 cm³/mol. The van der Waals surface area contributed by atoms with Crippen molar-refractivity contribution in [3.05, 3.63) is 68.9 Å². The van der Waals surface area contributed by atoms with Crippen molar-refractivity contribution >= 4 is 38.9 Å². The van der Waals surface area contributed by atoms with Crippen LogP contribution in [0.5, 0.6) is 11.5 Å². The molecule has 0 atom stereocenters. The lowest BCUT2D eigenvalue weighted by Crippen LogP contribution is -2.11. The Labute approximate surface area is 181 Å². The van der Waals surface area contributed by atoms with E-state index in [0.717, 1.165) is 10.0 Å². The number of hydrogen-bond acceptors (Lipinski definition) is 8. The maximum atomic E-state index is 11.7. The van der Waals surface area contributed by atoms with Crippen LogP contribution in [0.2, 0.25) is 0 Å². The van der Waals surface area contributed by atoms with Crippen LogP contribution in [0.1, 0.15) is 5.56 Å². The molecule has 0 amide bonds. The van der Waals surface area contributed by atoms with Gasteiger partial charge in [-0.3, -0.25) is 10.1 Å². The second-order valence-corrected chi connectivity index (χ2v) is 7.00. The lowest BCUT2D eigenvalue weighted by molar-refractivity contribution is -0.383. The topological polar surface area (TPSA) is 111 Å². The van der Waals surface area contributed by atoms with E-state index in [1.807, 2.05) is 36.4 Å². The summed E-state index contributed by atoms with van der Waals surface area (Å²) in [4.78, 5) is 19.3. The van der Waals surface area contributed by atoms with Gasteiger partial charge in [-0.2, -0.15) is 0 Å². The first-order valence-electron chi connectivity index (χ1n) is 8.99. The quantitative estimate of drug-likeness (QED) is 0.343. The Balaban J connectivity index is 1.76. The first kappa shape index (κ1) is 21.3. The van der Waals surface area contributed by atoms with E-state index in [-0.39, 0.29) is 17.3 Å². The minimum Gasteiger partial charge on any atom is -0.493 e. The number of methoxy groups -OCH3 is 2. The summed E-state index contributed by atoms with van der Waals surface area (Å²) in [6.07, 6.45) is 1.89. The number of ether oxygens (including phenoxy) is 2. The van der Waals surface area contributed by atoms with Gasteiger partial charge >= 0.3 is 5.69 Å². The number of nitrogens with one attached hydrogen (secondary N) is 2. The maximum absolute atomic E-state index is 11.7. The van der Waals surface area contributed by atoms with E-state index < -0.39 is 4.92 Å². The number of nitro groups is 1. The third-order valence-corrected chi connectivity index (χ3v) is 4.98. The van der Waals surface area contributed by atoms with Crippen molar-refractivity contribution in [2.75, 3.05) is 31.4 Å². The number of nitrogens with zero attached hydrogens (tertiary/aromatic N) is 3. The Kier molecular flexibility index (Phi) is 7.02. The van der Waals surface area contributed by atoms with Gasteiger partial charge in [0.2, 0.25) is 11.6 Å². The molecule has 1 heterocycles. The molecular weight excluding hydrogens is 454 g/mol. The zero-order valence-electron chi connectivity index (χ0n) is 16.4. The van der Waals surface area contributed by atoms with Crippen molar-refractivity contribution < 1.29 is 14.4 Å². The number of anilines is 3. The van der Waals surface area contributed by atoms with Gasteiger partial charge in [-0.05, 0) is 52.2 Å². The highest BCUT2D eigenvalue weighted by Crippen LogP contribution is 2.33. The first-order chi connectivity index (χ1) is 14.5. The SMILES string of the molecule is COc1ccc(CCNc2ncnc(Nc3ccccc3Br)c2[N+](=O)[O-])cc1OC. The molecule has 0 saturated heterocycles. The van der Waals surface area contributed by atoms with Gasteiger partial charge in [0.15, 0.2) is 11.5 Å². The van der Waals surface area contributed by atoms with E-state index in [2.05, 4.69) is 36.5 Å². The van der Waals surface area contributed by atoms with Crippen molar-refractivity contribution in [1.29, 1.82) is 0 Å². The van der Waals surface area contributed by atoms with Crippen LogP contribution < -0.4 is 20.1 Å². The second-order valence-electron chi connectivity index (χ2n) is 6.15. The van der Waals surface area contributed by atoms with Gasteiger partial charge in [0.1, 0.15) is 6.33 Å². The van der Waals surface area contributed by atoms with Crippen LogP contribution in [0.25, 0.3) is 0 Å². The Bertz CT molecular complexity index is 1050. The molecule has 0 radical (unpaired) electrons. The molecule has 0 aliphatic carbocycles. The van der Waals surface area contributed by atoms with Gasteiger partial charge < -0.3 is 20.1 Å². The summed E-state index contributed by atoms with van der Waals surface area (Å²) in [6, 6.07) is 12.9. The van der Waals surface area contributed by atoms with Crippen LogP contribution in [-0.4, -0.2) is 35.7 Å². The Hall–Kier alpha value is -3.40. The average molecular weight is 474 g/mol. The number of halogens is 1. The summed E-state index contributed by atoms with van der Waals surface area (Å²) in [5.74, 6) is 1.52. The fraction of sp³-hybridized carbons (Fsp3) is 0.200. The Morgan fingerprint density at radius 1 is 1.07 bits per heavy atom. The molecule has 0 unspecified atom stereocenters. The molecule has 30 heavy (non-hydrogen) atoms. The number of hydrogen-bond donors (Lipinski definition) is 2. The third kappa shape index (κ3) is 4.95. The van der Waals surface area contributed by atoms with E-state index in [0.29, 0.717) is 30.2 Å². The lowest BCUT2D eigenvalue weighted by Gasteiger charge is -2.12. The van der Waals surface area contributed by atoms with Gasteiger partial charge in [0, 0.05) is 11.0 Å². The highest BCUT2D eigenvalue weighted by atomic mass is 79.9. The second kappa shape index (κ2) is 9.88. The van der Waals surface area contributed by atoms with Gasteiger partial charge in [0.25, 0.3) is 0 Å². The summed E-state index contributed by atoms with van der Waals surface area (Å²) in [5.41, 5.74) is 1.43. The molecule has 1 aromatic heterocycles. The zero-order valence-corrected chi connectivity index (χ0v) is 18.0. The van der Waals surface area contributed by atoms with Crippen LogP contribution in [0.4, 0.5) is 23.0 Å². The number of aromatic nitrogens is 2. The van der Waals surface area contributed by atoms with Gasteiger partial charge in [0.05, 0.1) is 24.8 Å². The van der Waals surface area contributed by atoms with Crippen LogP contribution in [-0.2, 0) is 6.42 Å². The Morgan fingerprint density at radius 2 is 1.80 bits per heavy atom. The summed E-state index contributed by atoms with van der Waals surface area (Å²) in [6.45, 7) is 0.432. The normalized spacial score (nSPS) is 10.4. The third-order valence-electron chi connectivity index (χ3n) is 4.29. The highest BCUT2D eigenvalue weighted by Gasteiger charge is 2.23. The van der Waals surface area contributed by atoms with Crippen molar-refractivity contribution in [3.63, 3.8) is 0 Å². The van der Waals surface area contributed by atoms with E-state index in [4.69, 9.17) is 9.47 Å². The molecule has 10 heteroatoms. The fourth-order valence-corrected chi connectivity index (χ4v) is 3.21. The summed E-state index contributed by atoms with van der Waals surface area (Å²) in [7, 11) is 3.15. The fourth-order valence-electron chi connectivity index (χ4n) is 2.82. The van der Waals surface area contributed by atoms with E-state index in [9.17, 15) is 10.1 Å². The van der Waals surface area contributed by atoms with E-state index >= 15 is 0 Å². The van der Waals surface area contributed by atoms with Crippen molar-refractivity contribution in [3.8, 4) is 11.5 Å².